The molecule has 1 spiro atoms. The van der Waals surface area contributed by atoms with Gasteiger partial charge in [0.1, 0.15) is 11.5 Å². The van der Waals surface area contributed by atoms with Gasteiger partial charge in [-0.1, -0.05) is 6.07 Å². The van der Waals surface area contributed by atoms with Gasteiger partial charge in [-0.15, -0.1) is 0 Å². The van der Waals surface area contributed by atoms with Gasteiger partial charge in [0.15, 0.2) is 0 Å². The van der Waals surface area contributed by atoms with Gasteiger partial charge in [0.2, 0.25) is 5.91 Å². The number of piperidine rings is 1. The van der Waals surface area contributed by atoms with Crippen LogP contribution in [0, 0.1) is 19.3 Å². The van der Waals surface area contributed by atoms with E-state index in [1.54, 1.807) is 0 Å². The zero-order chi connectivity index (χ0) is 30.3. The Morgan fingerprint density at radius 2 is 1.55 bits per heavy atom. The minimum absolute atomic E-state index is 0.219. The number of rotatable bonds is 4. The number of aliphatic carboxylic acids is 2. The zero-order valence-corrected chi connectivity index (χ0v) is 21.7. The maximum absolute atomic E-state index is 13.2. The van der Waals surface area contributed by atoms with Crippen molar-refractivity contribution in [1.29, 1.82) is 0 Å². The molecule has 9 nitrogen and oxygen atoms in total. The molecule has 0 bridgehead atoms. The van der Waals surface area contributed by atoms with Crippen molar-refractivity contribution in [1.82, 2.24) is 14.8 Å². The first-order valence-corrected chi connectivity index (χ1v) is 12.0. The second-order valence-electron chi connectivity index (χ2n) is 9.46. The highest BCUT2D eigenvalue weighted by molar-refractivity contribution is 5.85. The van der Waals surface area contributed by atoms with E-state index in [4.69, 9.17) is 24.2 Å². The van der Waals surface area contributed by atoms with E-state index in [1.165, 1.54) is 0 Å². The summed E-state index contributed by atoms with van der Waals surface area (Å²) in [6.45, 7) is 8.09. The van der Waals surface area contributed by atoms with Gasteiger partial charge in [-0.25, -0.2) is 9.59 Å². The molecular weight excluding hydrogens is 552 g/mol. The van der Waals surface area contributed by atoms with E-state index in [9.17, 15) is 31.1 Å². The number of carboxylic acids is 2. The number of furan rings is 1. The topological polar surface area (TPSA) is 124 Å². The highest BCUT2D eigenvalue weighted by Gasteiger charge is 2.48. The molecule has 2 N–H and O–H groups in total. The Balaban J connectivity index is 0.000000333. The van der Waals surface area contributed by atoms with Crippen LogP contribution in [0.15, 0.2) is 34.7 Å². The number of carboxylic acid groups (broad SMARTS) is 2. The predicted octanol–water partition coefficient (Wildman–Crippen LogP) is 4.57. The van der Waals surface area contributed by atoms with Gasteiger partial charge in [0, 0.05) is 18.8 Å². The molecule has 4 heterocycles. The van der Waals surface area contributed by atoms with Crippen LogP contribution in [0.1, 0.15) is 42.2 Å². The molecule has 1 amide bonds. The molecule has 2 aliphatic heterocycles. The van der Waals surface area contributed by atoms with Crippen molar-refractivity contribution in [3.8, 4) is 0 Å². The van der Waals surface area contributed by atoms with E-state index in [2.05, 4.69) is 9.88 Å². The van der Waals surface area contributed by atoms with Gasteiger partial charge in [-0.05, 0) is 63.9 Å². The van der Waals surface area contributed by atoms with Crippen LogP contribution in [-0.2, 0) is 27.5 Å². The Kier molecular flexibility index (Phi) is 10.7. The zero-order valence-electron chi connectivity index (χ0n) is 21.7. The van der Waals surface area contributed by atoms with E-state index >= 15 is 0 Å². The number of halogens is 6. The third-order valence-electron chi connectivity index (χ3n) is 6.22. The van der Waals surface area contributed by atoms with Crippen LogP contribution in [-0.4, -0.2) is 74.8 Å². The van der Waals surface area contributed by atoms with Crippen LogP contribution < -0.4 is 0 Å². The third kappa shape index (κ3) is 9.54. The Bertz CT molecular complexity index is 1160. The highest BCUT2D eigenvalue weighted by Crippen LogP contribution is 2.41. The van der Waals surface area contributed by atoms with E-state index < -0.39 is 24.3 Å². The summed E-state index contributed by atoms with van der Waals surface area (Å²) in [7, 11) is 0. The maximum Gasteiger partial charge on any atom is 0.490 e. The van der Waals surface area contributed by atoms with Crippen LogP contribution in [0.3, 0.4) is 0 Å². The number of nitrogens with zero attached hydrogens (tertiary/aromatic N) is 3. The molecule has 0 saturated carbocycles. The third-order valence-corrected chi connectivity index (χ3v) is 6.22. The molecule has 15 heteroatoms. The lowest BCUT2D eigenvalue weighted by Crippen LogP contribution is -2.47. The van der Waals surface area contributed by atoms with Crippen molar-refractivity contribution in [3.05, 3.63) is 53.2 Å². The van der Waals surface area contributed by atoms with E-state index in [-0.39, 0.29) is 5.41 Å². The predicted molar refractivity (Wildman–Crippen MR) is 127 cm³/mol. The molecule has 1 atom stereocenters. The molecule has 0 aliphatic carbocycles. The molecule has 4 rings (SSSR count). The summed E-state index contributed by atoms with van der Waals surface area (Å²) in [6, 6.07) is 10.1. The first-order chi connectivity index (χ1) is 18.4. The number of aromatic nitrogens is 1. The number of carbonyl (C=O) groups excluding carboxylic acids is 1. The van der Waals surface area contributed by atoms with Crippen molar-refractivity contribution in [2.45, 2.75) is 58.6 Å². The molecule has 2 aromatic rings. The average molecular weight is 582 g/mol. The molecule has 2 saturated heterocycles. The lowest BCUT2D eigenvalue weighted by Gasteiger charge is -2.38. The normalized spacial score (nSPS) is 19.5. The van der Waals surface area contributed by atoms with Crippen LogP contribution in [0.25, 0.3) is 0 Å². The Morgan fingerprint density at radius 1 is 0.950 bits per heavy atom. The fraction of sp³-hybridized carbons (Fsp3) is 0.520. The van der Waals surface area contributed by atoms with E-state index in [1.807, 2.05) is 49.1 Å². The lowest BCUT2D eigenvalue weighted by molar-refractivity contribution is -0.193. The van der Waals surface area contributed by atoms with Gasteiger partial charge >= 0.3 is 24.3 Å². The summed E-state index contributed by atoms with van der Waals surface area (Å²) in [5.74, 6) is -3.27. The van der Waals surface area contributed by atoms with Crippen molar-refractivity contribution < 1.29 is 55.4 Å². The summed E-state index contributed by atoms with van der Waals surface area (Å²) in [5.41, 5.74) is 1.76. The number of aryl methyl sites for hydroxylation is 2. The van der Waals surface area contributed by atoms with Crippen LogP contribution in [0.5, 0.6) is 0 Å². The van der Waals surface area contributed by atoms with Gasteiger partial charge in [-0.3, -0.25) is 14.7 Å². The monoisotopic (exact) mass is 581 g/mol. The number of alkyl halides is 6. The number of amides is 1. The first-order valence-electron chi connectivity index (χ1n) is 12.0. The van der Waals surface area contributed by atoms with Crippen LogP contribution in [0.4, 0.5) is 26.3 Å². The number of likely N-dealkylation sites (tertiary alicyclic amines) is 2. The molecule has 0 radical (unpaired) electrons. The molecular formula is C25H29F6N3O6. The van der Waals surface area contributed by atoms with Crippen molar-refractivity contribution >= 4 is 17.8 Å². The minimum Gasteiger partial charge on any atom is -0.475 e. The standard InChI is InChI=1S/C21H27N3O2.2C2HF3O2/c1-16-5-3-6-18(22-16)13-24-12-10-21(20(24)25)9-4-11-23(15-21)14-19-8-7-17(2)26-19;2*3-2(4,5)1(6)7/h3,5-8H,4,9-15H2,1-2H3;2*(H,6,7). The highest BCUT2D eigenvalue weighted by atomic mass is 19.4. The molecule has 1 unspecified atom stereocenters. The van der Waals surface area contributed by atoms with Gasteiger partial charge < -0.3 is 19.5 Å². The average Bonchev–Trinajstić information content (AvgIpc) is 3.37. The summed E-state index contributed by atoms with van der Waals surface area (Å²) >= 11 is 0. The van der Waals surface area contributed by atoms with Gasteiger partial charge in [0.05, 0.1) is 24.2 Å². The summed E-state index contributed by atoms with van der Waals surface area (Å²) < 4.78 is 69.2. The second kappa shape index (κ2) is 13.2. The van der Waals surface area contributed by atoms with Crippen LogP contribution >= 0.6 is 0 Å². The number of carbonyl (C=O) groups is 3. The molecule has 0 aromatic carbocycles. The minimum atomic E-state index is -5.08. The van der Waals surface area contributed by atoms with Gasteiger partial charge in [-0.2, -0.15) is 26.3 Å². The number of hydrogen-bond acceptors (Lipinski definition) is 6. The number of hydrogen-bond donors (Lipinski definition) is 2. The molecule has 222 valence electrons. The first kappa shape index (κ1) is 32.6. The quantitative estimate of drug-likeness (QED) is 0.504. The molecule has 40 heavy (non-hydrogen) atoms. The van der Waals surface area contributed by atoms with Gasteiger partial charge in [0.25, 0.3) is 0 Å². The van der Waals surface area contributed by atoms with Crippen molar-refractivity contribution in [2.75, 3.05) is 19.6 Å². The van der Waals surface area contributed by atoms with E-state index in [0.29, 0.717) is 12.5 Å². The molecule has 2 aromatic heterocycles. The Labute approximate surface area is 225 Å². The fourth-order valence-electron chi connectivity index (χ4n) is 4.46. The summed E-state index contributed by atoms with van der Waals surface area (Å²) in [6.07, 6.45) is -7.15. The summed E-state index contributed by atoms with van der Waals surface area (Å²) in [4.78, 5) is 40.0. The second-order valence-corrected chi connectivity index (χ2v) is 9.46. The smallest absolute Gasteiger partial charge is 0.475 e. The maximum atomic E-state index is 13.2. The molecule has 2 fully saturated rings. The van der Waals surface area contributed by atoms with Crippen LogP contribution in [0.2, 0.25) is 0 Å². The summed E-state index contributed by atoms with van der Waals surface area (Å²) in [5, 5.41) is 14.2. The SMILES string of the molecule is Cc1cccc(CN2CCC3(CCCN(Cc4ccc(C)o4)C3)C2=O)n1.O=C(O)C(F)(F)F.O=C(O)C(F)(F)F. The molecule has 2 aliphatic rings. The fourth-order valence-corrected chi connectivity index (χ4v) is 4.46. The Morgan fingerprint density at radius 3 is 2.05 bits per heavy atom. The van der Waals surface area contributed by atoms with Crippen molar-refractivity contribution in [3.63, 3.8) is 0 Å². The Hall–Kier alpha value is -3.62. The van der Waals surface area contributed by atoms with Crippen molar-refractivity contribution in [2.24, 2.45) is 5.41 Å². The van der Waals surface area contributed by atoms with E-state index in [0.717, 1.165) is 68.3 Å². The lowest BCUT2D eigenvalue weighted by atomic mass is 9.78. The largest absolute Gasteiger partial charge is 0.490 e. The number of pyridine rings is 1.